The Bertz CT molecular complexity index is 1330. The average molecular weight is 497 g/mol. The maximum Gasteiger partial charge on any atom is 0.416 e. The second-order valence-electron chi connectivity index (χ2n) is 8.35. The van der Waals surface area contributed by atoms with Gasteiger partial charge in [0.1, 0.15) is 5.92 Å². The van der Waals surface area contributed by atoms with Gasteiger partial charge in [0.15, 0.2) is 17.3 Å². The van der Waals surface area contributed by atoms with E-state index in [1.54, 1.807) is 36.4 Å². The summed E-state index contributed by atoms with van der Waals surface area (Å²) >= 11 is 0. The quantitative estimate of drug-likeness (QED) is 0.266. The van der Waals surface area contributed by atoms with E-state index in [0.29, 0.717) is 11.3 Å². The van der Waals surface area contributed by atoms with Crippen molar-refractivity contribution in [2.24, 2.45) is 5.92 Å². The number of ether oxygens (including phenoxy) is 2. The number of hydrogen-bond acceptors (Lipinski definition) is 5. The predicted octanol–water partition coefficient (Wildman–Crippen LogP) is 5.19. The van der Waals surface area contributed by atoms with Gasteiger partial charge in [-0.1, -0.05) is 42.0 Å². The molecule has 0 N–H and O–H groups in total. The zero-order valence-corrected chi connectivity index (χ0v) is 19.6. The minimum atomic E-state index is -4.67. The number of amides is 1. The van der Waals surface area contributed by atoms with Crippen LogP contribution in [-0.2, 0) is 15.8 Å². The molecule has 1 amide bonds. The van der Waals surface area contributed by atoms with Crippen LogP contribution in [0, 0.1) is 12.8 Å². The fourth-order valence-electron chi connectivity index (χ4n) is 4.32. The summed E-state index contributed by atoms with van der Waals surface area (Å²) in [5, 5.41) is 0. The summed E-state index contributed by atoms with van der Waals surface area (Å²) < 4.78 is 50.9. The second kappa shape index (κ2) is 9.49. The van der Waals surface area contributed by atoms with Gasteiger partial charge in [-0.25, -0.2) is 0 Å². The molecule has 0 spiro atoms. The van der Waals surface area contributed by atoms with E-state index in [9.17, 15) is 27.6 Å². The van der Waals surface area contributed by atoms with Crippen molar-refractivity contribution in [2.75, 3.05) is 19.1 Å². The van der Waals surface area contributed by atoms with Crippen LogP contribution in [0.4, 0.5) is 18.9 Å². The smallest absolute Gasteiger partial charge is 0.416 e. The molecule has 1 saturated heterocycles. The van der Waals surface area contributed by atoms with Crippen molar-refractivity contribution in [2.45, 2.75) is 19.1 Å². The topological polar surface area (TPSA) is 72.9 Å². The number of alkyl halides is 3. The van der Waals surface area contributed by atoms with Gasteiger partial charge < -0.3 is 9.47 Å². The lowest BCUT2D eigenvalue weighted by Gasteiger charge is -2.28. The van der Waals surface area contributed by atoms with Crippen molar-refractivity contribution in [3.63, 3.8) is 0 Å². The summed E-state index contributed by atoms with van der Waals surface area (Å²) in [7, 11) is 2.82. The molecule has 1 aliphatic heterocycles. The van der Waals surface area contributed by atoms with E-state index in [1.807, 2.05) is 6.92 Å². The first-order chi connectivity index (χ1) is 17.1. The van der Waals surface area contributed by atoms with Crippen LogP contribution < -0.4 is 14.4 Å². The fraction of sp³-hybridized carbons (Fsp3) is 0.222. The molecular formula is C27H22F3NO5. The van der Waals surface area contributed by atoms with Crippen molar-refractivity contribution in [1.82, 2.24) is 0 Å². The Balaban J connectivity index is 1.90. The van der Waals surface area contributed by atoms with Crippen LogP contribution in [0.25, 0.3) is 0 Å². The van der Waals surface area contributed by atoms with Crippen LogP contribution in [-0.4, -0.2) is 31.7 Å². The van der Waals surface area contributed by atoms with Gasteiger partial charge in [0, 0.05) is 11.3 Å². The highest BCUT2D eigenvalue weighted by Crippen LogP contribution is 2.44. The number of rotatable bonds is 6. The summed E-state index contributed by atoms with van der Waals surface area (Å²) in [6.07, 6.45) is -4.67. The number of carbonyl (C=O) groups excluding carboxylic acids is 3. The number of nitrogens with zero attached hydrogens (tertiary/aromatic N) is 1. The van der Waals surface area contributed by atoms with Crippen LogP contribution in [0.2, 0.25) is 0 Å². The first kappa shape index (κ1) is 25.0. The van der Waals surface area contributed by atoms with Gasteiger partial charge in [0.2, 0.25) is 5.78 Å². The number of anilines is 1. The van der Waals surface area contributed by atoms with E-state index in [-0.39, 0.29) is 17.0 Å². The van der Waals surface area contributed by atoms with Crippen LogP contribution in [0.1, 0.15) is 33.1 Å². The van der Waals surface area contributed by atoms with Crippen molar-refractivity contribution < 1.29 is 37.0 Å². The first-order valence-corrected chi connectivity index (χ1v) is 10.9. The van der Waals surface area contributed by atoms with Crippen LogP contribution >= 0.6 is 0 Å². The standard InChI is InChI=1S/C27H22F3NO5/c1-15-7-9-16(10-8-15)24(32)22-23(17-11-12-20(35-2)21(13-17)36-3)31(26(34)25(22)33)19-6-4-5-18(14-19)27(28,29)30/h4-14,22-23H,1-3H3. The molecule has 1 heterocycles. The van der Waals surface area contributed by atoms with Gasteiger partial charge in [-0.15, -0.1) is 0 Å². The van der Waals surface area contributed by atoms with Gasteiger partial charge >= 0.3 is 6.18 Å². The van der Waals surface area contributed by atoms with E-state index >= 15 is 0 Å². The number of methoxy groups -OCH3 is 2. The Morgan fingerprint density at radius 2 is 1.56 bits per heavy atom. The number of hydrogen-bond donors (Lipinski definition) is 0. The SMILES string of the molecule is COc1ccc(C2C(C(=O)c3ccc(C)cc3)C(=O)C(=O)N2c2cccc(C(F)(F)F)c2)cc1OC. The van der Waals surface area contributed by atoms with E-state index in [1.165, 1.54) is 26.4 Å². The molecule has 0 bridgehead atoms. The first-order valence-electron chi connectivity index (χ1n) is 10.9. The van der Waals surface area contributed by atoms with Crippen molar-refractivity contribution >= 4 is 23.2 Å². The average Bonchev–Trinajstić information content (AvgIpc) is 3.13. The molecule has 3 aromatic rings. The Morgan fingerprint density at radius 1 is 0.889 bits per heavy atom. The molecular weight excluding hydrogens is 475 g/mol. The summed E-state index contributed by atoms with van der Waals surface area (Å²) in [5.41, 5.74) is 0.294. The zero-order valence-electron chi connectivity index (χ0n) is 19.6. The zero-order chi connectivity index (χ0) is 26.2. The number of ketones is 2. The molecule has 0 radical (unpaired) electrons. The van der Waals surface area contributed by atoms with Crippen molar-refractivity contribution in [1.29, 1.82) is 0 Å². The van der Waals surface area contributed by atoms with E-state index in [0.717, 1.165) is 28.7 Å². The molecule has 1 aliphatic rings. The number of aryl methyl sites for hydroxylation is 1. The Morgan fingerprint density at radius 3 is 2.17 bits per heavy atom. The molecule has 2 unspecified atom stereocenters. The van der Waals surface area contributed by atoms with Crippen LogP contribution in [0.3, 0.4) is 0 Å². The third kappa shape index (κ3) is 4.44. The highest BCUT2D eigenvalue weighted by molar-refractivity contribution is 6.49. The summed E-state index contributed by atoms with van der Waals surface area (Å²) in [4.78, 5) is 40.9. The molecule has 2 atom stereocenters. The highest BCUT2D eigenvalue weighted by atomic mass is 19.4. The lowest BCUT2D eigenvalue weighted by Crippen LogP contribution is -2.31. The molecule has 0 saturated carbocycles. The van der Waals surface area contributed by atoms with Gasteiger partial charge in [-0.3, -0.25) is 19.3 Å². The van der Waals surface area contributed by atoms with Gasteiger partial charge in [-0.2, -0.15) is 13.2 Å². The third-order valence-electron chi connectivity index (χ3n) is 6.13. The van der Waals surface area contributed by atoms with E-state index in [2.05, 4.69) is 0 Å². The molecule has 3 aromatic carbocycles. The number of benzene rings is 3. The molecule has 6 nitrogen and oxygen atoms in total. The predicted molar refractivity (Wildman–Crippen MR) is 125 cm³/mol. The molecule has 0 aliphatic carbocycles. The minimum Gasteiger partial charge on any atom is -0.493 e. The maximum absolute atomic E-state index is 13.5. The molecule has 1 fully saturated rings. The second-order valence-corrected chi connectivity index (χ2v) is 8.35. The van der Waals surface area contributed by atoms with E-state index in [4.69, 9.17) is 9.47 Å². The Labute approximate surface area is 205 Å². The Kier molecular flexibility index (Phi) is 6.58. The summed E-state index contributed by atoms with van der Waals surface area (Å²) in [6, 6.07) is 14.0. The monoisotopic (exact) mass is 497 g/mol. The van der Waals surface area contributed by atoms with Gasteiger partial charge in [0.25, 0.3) is 5.91 Å². The van der Waals surface area contributed by atoms with Gasteiger partial charge in [0.05, 0.1) is 25.8 Å². The maximum atomic E-state index is 13.5. The molecule has 9 heteroatoms. The molecule has 0 aromatic heterocycles. The number of halogens is 3. The molecule has 4 rings (SSSR count). The van der Waals surface area contributed by atoms with Crippen molar-refractivity contribution in [3.05, 3.63) is 89.0 Å². The number of Topliss-reactive ketones (excluding diaryl/α,β-unsaturated/α-hetero) is 2. The summed E-state index contributed by atoms with van der Waals surface area (Å²) in [6.45, 7) is 1.83. The molecule has 186 valence electrons. The van der Waals surface area contributed by atoms with Gasteiger partial charge in [-0.05, 0) is 42.8 Å². The fourth-order valence-corrected chi connectivity index (χ4v) is 4.32. The largest absolute Gasteiger partial charge is 0.493 e. The van der Waals surface area contributed by atoms with Crippen LogP contribution in [0.5, 0.6) is 11.5 Å². The number of carbonyl (C=O) groups is 3. The normalized spacial score (nSPS) is 17.9. The molecule has 36 heavy (non-hydrogen) atoms. The summed E-state index contributed by atoms with van der Waals surface area (Å²) in [5.74, 6) is -3.52. The Hall–Kier alpha value is -4.14. The van der Waals surface area contributed by atoms with Crippen molar-refractivity contribution in [3.8, 4) is 11.5 Å². The highest BCUT2D eigenvalue weighted by Gasteiger charge is 2.52. The van der Waals surface area contributed by atoms with E-state index < -0.39 is 41.2 Å². The van der Waals surface area contributed by atoms with Crippen LogP contribution in [0.15, 0.2) is 66.7 Å². The lowest BCUT2D eigenvalue weighted by molar-refractivity contribution is -0.137. The third-order valence-corrected chi connectivity index (χ3v) is 6.13. The minimum absolute atomic E-state index is 0.151. The lowest BCUT2D eigenvalue weighted by atomic mass is 9.86.